The molecule has 0 aliphatic carbocycles. The highest BCUT2D eigenvalue weighted by Crippen LogP contribution is 2.51. The fourth-order valence-corrected chi connectivity index (χ4v) is 0.999. The predicted octanol–water partition coefficient (Wildman–Crippen LogP) is 1.28. The molecule has 2 N–H and O–H groups in total. The van der Waals surface area contributed by atoms with Crippen LogP contribution < -0.4 is 0 Å². The molecule has 0 bridgehead atoms. The minimum absolute atomic E-state index is 1.03. The van der Waals surface area contributed by atoms with Gasteiger partial charge in [0.25, 0.3) is 5.89 Å². The standard InChI is InChI=1S/C8H4F7N3O3/c9-6(10,7(11,12)8(13,14)15)5-18-17-4(21-5)3(20)2(19)1-16/h2-3,19-20H/t2-,3+/m1/s1. The second-order valence-electron chi connectivity index (χ2n) is 3.61. The number of alkyl halides is 7. The number of hydrogen-bond donors (Lipinski definition) is 2. The molecular formula is C8H4F7N3O3. The zero-order valence-corrected chi connectivity index (χ0v) is 9.44. The molecule has 0 aliphatic heterocycles. The summed E-state index contributed by atoms with van der Waals surface area (Å²) in [6.45, 7) is 0. The van der Waals surface area contributed by atoms with Crippen LogP contribution in [-0.2, 0) is 5.92 Å². The lowest BCUT2D eigenvalue weighted by molar-refractivity contribution is -0.364. The molecule has 0 spiro atoms. The number of rotatable bonds is 4. The molecular weight excluding hydrogens is 319 g/mol. The average Bonchev–Trinajstić information content (AvgIpc) is 2.85. The van der Waals surface area contributed by atoms with Crippen LogP contribution in [0.5, 0.6) is 0 Å². The van der Waals surface area contributed by atoms with Crippen LogP contribution in [0.1, 0.15) is 17.9 Å². The Kier molecular flexibility index (Phi) is 4.17. The Balaban J connectivity index is 3.19. The van der Waals surface area contributed by atoms with Crippen molar-refractivity contribution < 1.29 is 45.4 Å². The highest BCUT2D eigenvalue weighted by molar-refractivity contribution is 5.05. The zero-order valence-electron chi connectivity index (χ0n) is 9.44. The molecule has 6 nitrogen and oxygen atoms in total. The molecule has 1 rings (SSSR count). The monoisotopic (exact) mass is 323 g/mol. The minimum Gasteiger partial charge on any atom is -0.416 e. The largest absolute Gasteiger partial charge is 0.460 e. The number of halogens is 7. The van der Waals surface area contributed by atoms with Crippen molar-refractivity contribution in [2.45, 2.75) is 30.2 Å². The first-order chi connectivity index (χ1) is 9.36. The van der Waals surface area contributed by atoms with Crippen molar-refractivity contribution in [3.63, 3.8) is 0 Å². The summed E-state index contributed by atoms with van der Waals surface area (Å²) in [5.74, 6) is -16.2. The summed E-state index contributed by atoms with van der Waals surface area (Å²) in [5, 5.41) is 31.0. The summed E-state index contributed by atoms with van der Waals surface area (Å²) in [6.07, 6.45) is -11.2. The van der Waals surface area contributed by atoms with Gasteiger partial charge in [0, 0.05) is 0 Å². The number of nitrogens with zero attached hydrogens (tertiary/aromatic N) is 3. The van der Waals surface area contributed by atoms with Gasteiger partial charge in [0.1, 0.15) is 0 Å². The second-order valence-corrected chi connectivity index (χ2v) is 3.61. The van der Waals surface area contributed by atoms with Crippen molar-refractivity contribution in [3.05, 3.63) is 11.8 Å². The Bertz CT molecular complexity index is 550. The molecule has 0 fully saturated rings. The van der Waals surface area contributed by atoms with Gasteiger partial charge in [0.15, 0.2) is 12.2 Å². The maximum absolute atomic E-state index is 13.1. The van der Waals surface area contributed by atoms with Crippen LogP contribution in [0.2, 0.25) is 0 Å². The summed E-state index contributed by atoms with van der Waals surface area (Å²) < 4.78 is 91.1. The lowest BCUT2D eigenvalue weighted by Gasteiger charge is -2.25. The van der Waals surface area contributed by atoms with Gasteiger partial charge in [-0.1, -0.05) is 0 Å². The topological polar surface area (TPSA) is 103 Å². The Morgan fingerprint density at radius 3 is 2.00 bits per heavy atom. The molecule has 1 aromatic heterocycles. The number of hydrogen-bond acceptors (Lipinski definition) is 6. The molecule has 1 heterocycles. The fourth-order valence-electron chi connectivity index (χ4n) is 0.999. The third-order valence-electron chi connectivity index (χ3n) is 2.14. The van der Waals surface area contributed by atoms with Crippen LogP contribution in [-0.4, -0.2) is 38.6 Å². The van der Waals surface area contributed by atoms with E-state index in [9.17, 15) is 30.7 Å². The third-order valence-corrected chi connectivity index (χ3v) is 2.14. The molecule has 118 valence electrons. The SMILES string of the molecule is N#C[C@@H](O)[C@H](O)c1nnc(C(F)(F)C(F)(F)C(F)(F)F)o1. The van der Waals surface area contributed by atoms with E-state index >= 15 is 0 Å². The lowest BCUT2D eigenvalue weighted by Crippen LogP contribution is -2.50. The van der Waals surface area contributed by atoms with E-state index in [1.54, 1.807) is 0 Å². The molecule has 2 atom stereocenters. The number of aromatic nitrogens is 2. The molecule has 21 heavy (non-hydrogen) atoms. The van der Waals surface area contributed by atoms with Gasteiger partial charge in [-0.3, -0.25) is 0 Å². The maximum Gasteiger partial charge on any atom is 0.460 e. The molecule has 13 heteroatoms. The van der Waals surface area contributed by atoms with E-state index in [1.807, 2.05) is 0 Å². The molecule has 0 saturated carbocycles. The van der Waals surface area contributed by atoms with Crippen LogP contribution >= 0.6 is 0 Å². The third kappa shape index (κ3) is 2.76. The number of nitriles is 1. The summed E-state index contributed by atoms with van der Waals surface area (Å²) in [6, 6.07) is 1.03. The fraction of sp³-hybridized carbons (Fsp3) is 0.625. The van der Waals surface area contributed by atoms with E-state index in [1.165, 1.54) is 0 Å². The summed E-state index contributed by atoms with van der Waals surface area (Å²) >= 11 is 0. The van der Waals surface area contributed by atoms with Crippen molar-refractivity contribution in [1.29, 1.82) is 5.26 Å². The van der Waals surface area contributed by atoms with Crippen molar-refractivity contribution in [2.75, 3.05) is 0 Å². The summed E-state index contributed by atoms with van der Waals surface area (Å²) in [5.41, 5.74) is 0. The minimum atomic E-state index is -6.60. The second kappa shape index (κ2) is 5.11. The van der Waals surface area contributed by atoms with Crippen molar-refractivity contribution >= 4 is 0 Å². The number of aliphatic hydroxyl groups excluding tert-OH is 2. The van der Waals surface area contributed by atoms with Gasteiger partial charge >= 0.3 is 18.0 Å². The molecule has 0 aliphatic rings. The smallest absolute Gasteiger partial charge is 0.416 e. The molecule has 1 aromatic rings. The first kappa shape index (κ1) is 17.1. The quantitative estimate of drug-likeness (QED) is 0.639. The van der Waals surface area contributed by atoms with Crippen LogP contribution in [0.3, 0.4) is 0 Å². The van der Waals surface area contributed by atoms with Gasteiger partial charge in [0.2, 0.25) is 5.89 Å². The number of aliphatic hydroxyl groups is 2. The summed E-state index contributed by atoms with van der Waals surface area (Å²) in [7, 11) is 0. The molecule has 0 aromatic carbocycles. The van der Waals surface area contributed by atoms with E-state index in [-0.39, 0.29) is 0 Å². The van der Waals surface area contributed by atoms with Crippen LogP contribution in [0, 0.1) is 11.3 Å². The van der Waals surface area contributed by atoms with Crippen molar-refractivity contribution in [3.8, 4) is 6.07 Å². The Labute approximate surface area is 110 Å². The zero-order chi connectivity index (χ0) is 16.6. The van der Waals surface area contributed by atoms with Crippen molar-refractivity contribution in [2.24, 2.45) is 0 Å². The molecule has 0 unspecified atom stereocenters. The first-order valence-electron chi connectivity index (χ1n) is 4.78. The van der Waals surface area contributed by atoms with Crippen LogP contribution in [0.4, 0.5) is 30.7 Å². The van der Waals surface area contributed by atoms with Gasteiger partial charge in [0.05, 0.1) is 6.07 Å². The molecule has 0 saturated heterocycles. The molecule has 0 amide bonds. The normalized spacial score (nSPS) is 16.4. The maximum atomic E-state index is 13.1. The van der Waals surface area contributed by atoms with E-state index in [0.717, 1.165) is 6.07 Å². The highest BCUT2D eigenvalue weighted by atomic mass is 19.4. The van der Waals surface area contributed by atoms with Gasteiger partial charge < -0.3 is 14.6 Å². The van der Waals surface area contributed by atoms with Gasteiger partial charge in [-0.15, -0.1) is 10.2 Å². The Hall–Kier alpha value is -1.94. The van der Waals surface area contributed by atoms with Gasteiger partial charge in [-0.25, -0.2) is 0 Å². The highest BCUT2D eigenvalue weighted by Gasteiger charge is 2.76. The van der Waals surface area contributed by atoms with E-state index < -0.39 is 42.0 Å². The van der Waals surface area contributed by atoms with E-state index in [0.29, 0.717) is 0 Å². The summed E-state index contributed by atoms with van der Waals surface area (Å²) in [4.78, 5) is 0. The Morgan fingerprint density at radius 2 is 1.57 bits per heavy atom. The molecule has 0 radical (unpaired) electrons. The van der Waals surface area contributed by atoms with Crippen LogP contribution in [0.25, 0.3) is 0 Å². The Morgan fingerprint density at radius 1 is 1.05 bits per heavy atom. The van der Waals surface area contributed by atoms with Crippen LogP contribution in [0.15, 0.2) is 4.42 Å². The predicted molar refractivity (Wildman–Crippen MR) is 45.8 cm³/mol. The first-order valence-corrected chi connectivity index (χ1v) is 4.78. The van der Waals surface area contributed by atoms with Crippen molar-refractivity contribution in [1.82, 2.24) is 10.2 Å². The van der Waals surface area contributed by atoms with E-state index in [4.69, 9.17) is 15.5 Å². The average molecular weight is 323 g/mol. The van der Waals surface area contributed by atoms with E-state index in [2.05, 4.69) is 14.6 Å². The van der Waals surface area contributed by atoms with Gasteiger partial charge in [-0.2, -0.15) is 36.0 Å². The van der Waals surface area contributed by atoms with Gasteiger partial charge in [-0.05, 0) is 0 Å². The lowest BCUT2D eigenvalue weighted by atomic mass is 10.1.